The Morgan fingerprint density at radius 2 is 2.43 bits per heavy atom. The quantitative estimate of drug-likeness (QED) is 0.747. The van der Waals surface area contributed by atoms with E-state index in [1.807, 2.05) is 6.92 Å². The molecule has 1 aliphatic rings. The SMILES string of the molecule is CCOC1=CC(=O)C(CC(C)O)CC1. The van der Waals surface area contributed by atoms with Gasteiger partial charge in [0.2, 0.25) is 0 Å². The number of aliphatic hydroxyl groups excluding tert-OH is 1. The largest absolute Gasteiger partial charge is 0.498 e. The first kappa shape index (κ1) is 11.2. The third-order valence-corrected chi connectivity index (χ3v) is 2.40. The summed E-state index contributed by atoms with van der Waals surface area (Å²) in [6.45, 7) is 4.24. The molecule has 3 heteroatoms. The average molecular weight is 198 g/mol. The number of ketones is 1. The Labute approximate surface area is 84.8 Å². The molecule has 0 aromatic heterocycles. The predicted molar refractivity (Wildman–Crippen MR) is 53.7 cm³/mol. The summed E-state index contributed by atoms with van der Waals surface area (Å²) in [6.07, 6.45) is 3.37. The van der Waals surface area contributed by atoms with Gasteiger partial charge in [-0.15, -0.1) is 0 Å². The van der Waals surface area contributed by atoms with Gasteiger partial charge in [-0.2, -0.15) is 0 Å². The molecule has 0 aromatic carbocycles. The van der Waals surface area contributed by atoms with E-state index in [0.717, 1.165) is 18.6 Å². The lowest BCUT2D eigenvalue weighted by atomic mass is 9.88. The van der Waals surface area contributed by atoms with Crippen molar-refractivity contribution in [2.75, 3.05) is 6.61 Å². The van der Waals surface area contributed by atoms with Crippen LogP contribution in [0, 0.1) is 5.92 Å². The number of hydrogen-bond acceptors (Lipinski definition) is 3. The Balaban J connectivity index is 2.51. The predicted octanol–water partition coefficient (Wildman–Crippen LogP) is 1.66. The molecular weight excluding hydrogens is 180 g/mol. The number of aliphatic hydroxyl groups is 1. The summed E-state index contributed by atoms with van der Waals surface area (Å²) in [5, 5.41) is 9.19. The van der Waals surface area contributed by atoms with Crippen LogP contribution in [0.2, 0.25) is 0 Å². The number of hydrogen-bond donors (Lipinski definition) is 1. The topological polar surface area (TPSA) is 46.5 Å². The third-order valence-electron chi connectivity index (χ3n) is 2.40. The second kappa shape index (κ2) is 5.15. The summed E-state index contributed by atoms with van der Waals surface area (Å²) < 4.78 is 5.28. The van der Waals surface area contributed by atoms with Crippen LogP contribution in [0.15, 0.2) is 11.8 Å². The minimum Gasteiger partial charge on any atom is -0.498 e. The van der Waals surface area contributed by atoms with E-state index in [2.05, 4.69) is 0 Å². The van der Waals surface area contributed by atoms with Gasteiger partial charge in [-0.3, -0.25) is 4.79 Å². The van der Waals surface area contributed by atoms with Gasteiger partial charge in [-0.1, -0.05) is 0 Å². The van der Waals surface area contributed by atoms with E-state index in [1.165, 1.54) is 0 Å². The highest BCUT2D eigenvalue weighted by Crippen LogP contribution is 2.24. The first-order valence-corrected chi connectivity index (χ1v) is 5.18. The lowest BCUT2D eigenvalue weighted by Gasteiger charge is -2.21. The summed E-state index contributed by atoms with van der Waals surface area (Å²) in [4.78, 5) is 11.5. The fourth-order valence-corrected chi connectivity index (χ4v) is 1.75. The fourth-order valence-electron chi connectivity index (χ4n) is 1.75. The second-order valence-corrected chi connectivity index (χ2v) is 3.77. The summed E-state index contributed by atoms with van der Waals surface area (Å²) in [5.41, 5.74) is 0. The number of carbonyl (C=O) groups excluding carboxylic acids is 1. The smallest absolute Gasteiger partial charge is 0.162 e. The zero-order valence-corrected chi connectivity index (χ0v) is 8.82. The van der Waals surface area contributed by atoms with E-state index >= 15 is 0 Å². The maximum Gasteiger partial charge on any atom is 0.162 e. The average Bonchev–Trinajstić information content (AvgIpc) is 2.10. The van der Waals surface area contributed by atoms with Crippen LogP contribution in [0.5, 0.6) is 0 Å². The lowest BCUT2D eigenvalue weighted by molar-refractivity contribution is -0.120. The molecule has 14 heavy (non-hydrogen) atoms. The summed E-state index contributed by atoms with van der Waals surface area (Å²) >= 11 is 0. The standard InChI is InChI=1S/C11H18O3/c1-3-14-10-5-4-9(6-8(2)12)11(13)7-10/h7-9,12H,3-6H2,1-2H3. The number of carbonyl (C=O) groups is 1. The van der Waals surface area contributed by atoms with Gasteiger partial charge in [0, 0.05) is 18.4 Å². The van der Waals surface area contributed by atoms with Crippen LogP contribution in [0.4, 0.5) is 0 Å². The molecule has 1 aliphatic carbocycles. The molecule has 0 spiro atoms. The van der Waals surface area contributed by atoms with Crippen molar-refractivity contribution in [1.82, 2.24) is 0 Å². The van der Waals surface area contributed by atoms with Crippen molar-refractivity contribution in [3.8, 4) is 0 Å². The van der Waals surface area contributed by atoms with Crippen molar-refractivity contribution < 1.29 is 14.6 Å². The summed E-state index contributed by atoms with van der Waals surface area (Å²) in [7, 11) is 0. The number of ether oxygens (including phenoxy) is 1. The van der Waals surface area contributed by atoms with Crippen LogP contribution in [0.3, 0.4) is 0 Å². The maximum atomic E-state index is 11.5. The molecule has 0 fully saturated rings. The van der Waals surface area contributed by atoms with Gasteiger partial charge in [-0.25, -0.2) is 0 Å². The van der Waals surface area contributed by atoms with Gasteiger partial charge in [0.05, 0.1) is 18.5 Å². The van der Waals surface area contributed by atoms with Crippen molar-refractivity contribution >= 4 is 5.78 Å². The summed E-state index contributed by atoms with van der Waals surface area (Å²) in [5.74, 6) is 0.874. The zero-order chi connectivity index (χ0) is 10.6. The van der Waals surface area contributed by atoms with Gasteiger partial charge in [0.15, 0.2) is 5.78 Å². The van der Waals surface area contributed by atoms with E-state index in [1.54, 1.807) is 13.0 Å². The fraction of sp³-hybridized carbons (Fsp3) is 0.727. The van der Waals surface area contributed by atoms with E-state index in [0.29, 0.717) is 13.0 Å². The molecule has 0 saturated heterocycles. The highest BCUT2D eigenvalue weighted by Gasteiger charge is 2.24. The van der Waals surface area contributed by atoms with E-state index in [-0.39, 0.29) is 11.7 Å². The van der Waals surface area contributed by atoms with Gasteiger partial charge in [-0.05, 0) is 26.7 Å². The highest BCUT2D eigenvalue weighted by molar-refractivity contribution is 5.92. The molecule has 0 aliphatic heterocycles. The van der Waals surface area contributed by atoms with Gasteiger partial charge < -0.3 is 9.84 Å². The maximum absolute atomic E-state index is 11.5. The van der Waals surface area contributed by atoms with Gasteiger partial charge in [0.1, 0.15) is 0 Å². The molecular formula is C11H18O3. The molecule has 2 unspecified atom stereocenters. The van der Waals surface area contributed by atoms with Gasteiger partial charge in [0.25, 0.3) is 0 Å². The monoisotopic (exact) mass is 198 g/mol. The van der Waals surface area contributed by atoms with Crippen molar-refractivity contribution in [2.24, 2.45) is 5.92 Å². The minimum absolute atomic E-state index is 0.0146. The van der Waals surface area contributed by atoms with Crippen LogP contribution < -0.4 is 0 Å². The van der Waals surface area contributed by atoms with Crippen LogP contribution >= 0.6 is 0 Å². The van der Waals surface area contributed by atoms with Gasteiger partial charge >= 0.3 is 0 Å². The lowest BCUT2D eigenvalue weighted by Crippen LogP contribution is -2.22. The second-order valence-electron chi connectivity index (χ2n) is 3.77. The molecule has 1 N–H and O–H groups in total. The van der Waals surface area contributed by atoms with Crippen molar-refractivity contribution in [3.63, 3.8) is 0 Å². The molecule has 3 nitrogen and oxygen atoms in total. The molecule has 0 heterocycles. The molecule has 80 valence electrons. The Morgan fingerprint density at radius 1 is 1.71 bits per heavy atom. The Bertz CT molecular complexity index is 231. The number of allylic oxidation sites excluding steroid dienone is 2. The number of rotatable bonds is 4. The molecule has 0 aromatic rings. The molecule has 0 saturated carbocycles. The Hall–Kier alpha value is -0.830. The highest BCUT2D eigenvalue weighted by atomic mass is 16.5. The molecule has 0 radical (unpaired) electrons. The molecule has 1 rings (SSSR count). The Kier molecular flexibility index (Phi) is 4.14. The summed E-state index contributed by atoms with van der Waals surface area (Å²) in [6, 6.07) is 0. The van der Waals surface area contributed by atoms with E-state index in [4.69, 9.17) is 4.74 Å². The first-order chi connectivity index (χ1) is 6.63. The molecule has 2 atom stereocenters. The first-order valence-electron chi connectivity index (χ1n) is 5.18. The van der Waals surface area contributed by atoms with Crippen LogP contribution in [-0.4, -0.2) is 23.6 Å². The normalized spacial score (nSPS) is 24.4. The van der Waals surface area contributed by atoms with E-state index < -0.39 is 6.10 Å². The van der Waals surface area contributed by atoms with Crippen molar-refractivity contribution in [3.05, 3.63) is 11.8 Å². The van der Waals surface area contributed by atoms with Crippen molar-refractivity contribution in [2.45, 2.75) is 39.2 Å². The van der Waals surface area contributed by atoms with Crippen LogP contribution in [-0.2, 0) is 9.53 Å². The Morgan fingerprint density at radius 3 is 2.93 bits per heavy atom. The molecule has 0 amide bonds. The van der Waals surface area contributed by atoms with Crippen LogP contribution in [0.25, 0.3) is 0 Å². The van der Waals surface area contributed by atoms with Crippen molar-refractivity contribution in [1.29, 1.82) is 0 Å². The third kappa shape index (κ3) is 3.14. The minimum atomic E-state index is -0.397. The van der Waals surface area contributed by atoms with E-state index in [9.17, 15) is 9.90 Å². The zero-order valence-electron chi connectivity index (χ0n) is 8.82. The molecule has 0 bridgehead atoms. The van der Waals surface area contributed by atoms with Crippen LogP contribution in [0.1, 0.15) is 33.1 Å².